The normalized spacial score (nSPS) is 13.6. The molecule has 0 bridgehead atoms. The predicted molar refractivity (Wildman–Crippen MR) is 129 cm³/mol. The van der Waals surface area contributed by atoms with E-state index in [2.05, 4.69) is 5.92 Å². The number of halogens is 1. The minimum atomic E-state index is -0.324. The van der Waals surface area contributed by atoms with Gasteiger partial charge < -0.3 is 14.5 Å². The average molecular weight is 462 g/mol. The lowest BCUT2D eigenvalue weighted by atomic mass is 10.1. The van der Waals surface area contributed by atoms with Gasteiger partial charge in [-0.25, -0.2) is 9.78 Å². The van der Waals surface area contributed by atoms with Gasteiger partial charge in [0.15, 0.2) is 0 Å². The van der Waals surface area contributed by atoms with E-state index in [0.717, 1.165) is 22.9 Å². The fourth-order valence-electron chi connectivity index (χ4n) is 3.79. The lowest BCUT2D eigenvalue weighted by molar-refractivity contribution is 0.0560. The number of terminal acetylenes is 1. The molecule has 0 radical (unpaired) electrons. The van der Waals surface area contributed by atoms with Gasteiger partial charge in [0.05, 0.1) is 22.8 Å². The van der Waals surface area contributed by atoms with Crippen LogP contribution in [0.3, 0.4) is 0 Å². The molecule has 1 aliphatic heterocycles. The predicted octanol–water partition coefficient (Wildman–Crippen LogP) is 4.84. The Morgan fingerprint density at radius 1 is 1.09 bits per heavy atom. The summed E-state index contributed by atoms with van der Waals surface area (Å²) in [6.45, 7) is 4.15. The van der Waals surface area contributed by atoms with Crippen LogP contribution in [-0.4, -0.2) is 59.6 Å². The third-order valence-corrected chi connectivity index (χ3v) is 5.90. The molecule has 0 atom stereocenters. The lowest BCUT2D eigenvalue weighted by Crippen LogP contribution is -2.50. The van der Waals surface area contributed by atoms with Gasteiger partial charge in [-0.1, -0.05) is 42.6 Å². The average Bonchev–Trinajstić information content (AvgIpc) is 2.86. The van der Waals surface area contributed by atoms with Crippen LogP contribution in [0.5, 0.6) is 0 Å². The second-order valence-electron chi connectivity index (χ2n) is 7.84. The summed E-state index contributed by atoms with van der Waals surface area (Å²) in [5.41, 5.74) is 3.47. The molecule has 2 heterocycles. The molecule has 3 aromatic rings. The molecule has 1 fully saturated rings. The van der Waals surface area contributed by atoms with Crippen molar-refractivity contribution in [1.29, 1.82) is 0 Å². The molecule has 2 aromatic carbocycles. The fraction of sp³-hybridized carbons (Fsp3) is 0.269. The number of hydrogen-bond donors (Lipinski definition) is 0. The van der Waals surface area contributed by atoms with Gasteiger partial charge in [0, 0.05) is 48.3 Å². The van der Waals surface area contributed by atoms with Crippen LogP contribution in [0, 0.1) is 12.3 Å². The molecule has 2 amide bonds. The van der Waals surface area contributed by atoms with Gasteiger partial charge in [0.2, 0.25) is 0 Å². The van der Waals surface area contributed by atoms with Crippen molar-refractivity contribution in [3.63, 3.8) is 0 Å². The molecule has 1 aliphatic rings. The highest BCUT2D eigenvalue weighted by Gasteiger charge is 2.26. The number of amides is 2. The Bertz CT molecular complexity index is 1240. The van der Waals surface area contributed by atoms with E-state index in [-0.39, 0.29) is 12.0 Å². The molecular formula is C26H24ClN3O3. The fourth-order valence-corrected chi connectivity index (χ4v) is 4.05. The first-order valence-electron chi connectivity index (χ1n) is 10.9. The van der Waals surface area contributed by atoms with Crippen LogP contribution in [0.1, 0.15) is 29.3 Å². The van der Waals surface area contributed by atoms with E-state index in [0.29, 0.717) is 54.6 Å². The molecule has 6 nitrogen and oxygen atoms in total. The van der Waals surface area contributed by atoms with Gasteiger partial charge in [-0.05, 0) is 36.8 Å². The Balaban J connectivity index is 1.54. The Kier molecular flexibility index (Phi) is 6.81. The maximum absolute atomic E-state index is 13.1. The summed E-state index contributed by atoms with van der Waals surface area (Å²) in [5, 5.41) is 1.33. The highest BCUT2D eigenvalue weighted by atomic mass is 35.5. The smallest absolute Gasteiger partial charge is 0.409 e. The van der Waals surface area contributed by atoms with E-state index in [1.54, 1.807) is 28.0 Å². The summed E-state index contributed by atoms with van der Waals surface area (Å²) >= 11 is 6.52. The van der Waals surface area contributed by atoms with Gasteiger partial charge in [-0.15, -0.1) is 6.42 Å². The van der Waals surface area contributed by atoms with Crippen molar-refractivity contribution in [3.05, 3.63) is 64.7 Å². The van der Waals surface area contributed by atoms with Crippen molar-refractivity contribution in [2.75, 3.05) is 32.8 Å². The van der Waals surface area contributed by atoms with Crippen LogP contribution in [0.25, 0.3) is 22.2 Å². The maximum atomic E-state index is 13.1. The van der Waals surface area contributed by atoms with E-state index in [4.69, 9.17) is 27.7 Å². The van der Waals surface area contributed by atoms with Crippen molar-refractivity contribution in [2.24, 2.45) is 0 Å². The maximum Gasteiger partial charge on any atom is 0.409 e. The number of benzene rings is 2. The quantitative estimate of drug-likeness (QED) is 0.521. The number of hydrogen-bond acceptors (Lipinski definition) is 4. The topological polar surface area (TPSA) is 62.7 Å². The van der Waals surface area contributed by atoms with E-state index < -0.39 is 0 Å². The van der Waals surface area contributed by atoms with Gasteiger partial charge in [-0.2, -0.15) is 0 Å². The largest absolute Gasteiger partial charge is 0.449 e. The first-order chi connectivity index (χ1) is 16.0. The molecule has 4 rings (SSSR count). The van der Waals surface area contributed by atoms with Crippen LogP contribution in [0.15, 0.2) is 48.5 Å². The number of carbonyl (C=O) groups is 2. The summed E-state index contributed by atoms with van der Waals surface area (Å²) in [5.74, 6) is 2.53. The van der Waals surface area contributed by atoms with Gasteiger partial charge in [-0.3, -0.25) is 4.79 Å². The lowest BCUT2D eigenvalue weighted by Gasteiger charge is -2.34. The number of aromatic nitrogens is 1. The molecule has 1 aromatic heterocycles. The van der Waals surface area contributed by atoms with E-state index in [1.807, 2.05) is 37.3 Å². The summed E-state index contributed by atoms with van der Waals surface area (Å²) < 4.78 is 5.18. The molecule has 0 spiro atoms. The van der Waals surface area contributed by atoms with E-state index in [9.17, 15) is 9.59 Å². The number of piperazine rings is 1. The van der Waals surface area contributed by atoms with E-state index in [1.165, 1.54) is 0 Å². The molecule has 168 valence electrons. The number of nitrogens with zero attached hydrogens (tertiary/aromatic N) is 3. The van der Waals surface area contributed by atoms with Crippen LogP contribution in [-0.2, 0) is 4.74 Å². The third-order valence-electron chi connectivity index (χ3n) is 5.59. The van der Waals surface area contributed by atoms with Crippen LogP contribution >= 0.6 is 11.6 Å². The zero-order valence-electron chi connectivity index (χ0n) is 18.4. The first-order valence-corrected chi connectivity index (χ1v) is 11.3. The van der Waals surface area contributed by atoms with Crippen LogP contribution in [0.4, 0.5) is 4.79 Å². The summed E-state index contributed by atoms with van der Waals surface area (Å²) in [6, 6.07) is 14.7. The molecule has 0 unspecified atom stereocenters. The minimum Gasteiger partial charge on any atom is -0.449 e. The standard InChI is InChI=1S/C26H24ClN3O3/c1-3-14-33-26(32)30-12-10-29(11-13-30)25(31)20-8-9-21-22(27)17-23(28-24(21)16-20)19-7-5-6-18(4-2)15-19/h2,5-9,15-17H,3,10-14H2,1H3. The first kappa shape index (κ1) is 22.6. The van der Waals surface area contributed by atoms with E-state index >= 15 is 0 Å². The van der Waals surface area contributed by atoms with Gasteiger partial charge in [0.1, 0.15) is 0 Å². The van der Waals surface area contributed by atoms with Crippen molar-refractivity contribution in [2.45, 2.75) is 13.3 Å². The van der Waals surface area contributed by atoms with Crippen molar-refractivity contribution in [1.82, 2.24) is 14.8 Å². The van der Waals surface area contributed by atoms with Gasteiger partial charge in [0.25, 0.3) is 5.91 Å². The zero-order valence-corrected chi connectivity index (χ0v) is 19.1. The Hall–Kier alpha value is -3.56. The van der Waals surface area contributed by atoms with Crippen LogP contribution < -0.4 is 0 Å². The summed E-state index contributed by atoms with van der Waals surface area (Å²) in [7, 11) is 0. The number of ether oxygens (including phenoxy) is 1. The van der Waals surface area contributed by atoms with Gasteiger partial charge >= 0.3 is 6.09 Å². The number of pyridine rings is 1. The second-order valence-corrected chi connectivity index (χ2v) is 8.25. The summed E-state index contributed by atoms with van der Waals surface area (Å²) in [4.78, 5) is 33.3. The highest BCUT2D eigenvalue weighted by molar-refractivity contribution is 6.35. The molecule has 7 heteroatoms. The molecule has 0 N–H and O–H groups in total. The number of rotatable bonds is 4. The molecular weight excluding hydrogens is 438 g/mol. The van der Waals surface area contributed by atoms with Crippen molar-refractivity contribution >= 4 is 34.5 Å². The Morgan fingerprint density at radius 3 is 2.58 bits per heavy atom. The highest BCUT2D eigenvalue weighted by Crippen LogP contribution is 2.29. The van der Waals surface area contributed by atoms with Crippen molar-refractivity contribution < 1.29 is 14.3 Å². The molecule has 33 heavy (non-hydrogen) atoms. The molecule has 0 saturated carbocycles. The minimum absolute atomic E-state index is 0.101. The second kappa shape index (κ2) is 9.93. The Labute approximate surface area is 198 Å². The number of fused-ring (bicyclic) bond motifs is 1. The monoisotopic (exact) mass is 461 g/mol. The molecule has 1 saturated heterocycles. The summed E-state index contributed by atoms with van der Waals surface area (Å²) in [6.07, 6.45) is 5.98. The van der Waals surface area contributed by atoms with Crippen LogP contribution in [0.2, 0.25) is 5.02 Å². The molecule has 0 aliphatic carbocycles. The SMILES string of the molecule is C#Cc1cccc(-c2cc(Cl)c3ccc(C(=O)N4CCN(C(=O)OCCC)CC4)cc3n2)c1. The van der Waals surface area contributed by atoms with Crippen molar-refractivity contribution in [3.8, 4) is 23.6 Å². The number of carbonyl (C=O) groups excluding carboxylic acids is 2. The zero-order chi connectivity index (χ0) is 23.4. The Morgan fingerprint density at radius 2 is 1.85 bits per heavy atom. The third kappa shape index (κ3) is 4.94.